The summed E-state index contributed by atoms with van der Waals surface area (Å²) in [4.78, 5) is 12.3. The molecule has 1 rings (SSSR count). The Morgan fingerprint density at radius 2 is 2.07 bits per heavy atom. The highest BCUT2D eigenvalue weighted by Crippen LogP contribution is 2.26. The highest BCUT2D eigenvalue weighted by atomic mass is 79.9. The van der Waals surface area contributed by atoms with Crippen LogP contribution in [0.25, 0.3) is 0 Å². The lowest BCUT2D eigenvalue weighted by Crippen LogP contribution is -2.40. The van der Waals surface area contributed by atoms with Crippen LogP contribution in [0.2, 0.25) is 0 Å². The van der Waals surface area contributed by atoms with E-state index in [-0.39, 0.29) is 11.8 Å². The van der Waals surface area contributed by atoms with Gasteiger partial charge < -0.3 is 5.32 Å². The molecule has 0 aromatic carbocycles. The molecule has 0 aromatic heterocycles. The molecular formula is C11H20BrNO. The summed E-state index contributed by atoms with van der Waals surface area (Å²) in [7, 11) is 0. The summed E-state index contributed by atoms with van der Waals surface area (Å²) >= 11 is 3.61. The molecule has 1 fully saturated rings. The van der Waals surface area contributed by atoms with E-state index in [1.165, 1.54) is 12.8 Å². The lowest BCUT2D eigenvalue weighted by Gasteiger charge is -2.19. The number of hydrogen-bond acceptors (Lipinski definition) is 1. The van der Waals surface area contributed by atoms with E-state index in [1.807, 2.05) is 0 Å². The molecule has 0 aromatic rings. The topological polar surface area (TPSA) is 29.1 Å². The molecule has 3 heteroatoms. The molecule has 82 valence electrons. The van der Waals surface area contributed by atoms with Crippen molar-refractivity contribution in [2.75, 3.05) is 0 Å². The minimum absolute atomic E-state index is 0.204. The van der Waals surface area contributed by atoms with Crippen molar-refractivity contribution < 1.29 is 4.79 Å². The van der Waals surface area contributed by atoms with Crippen LogP contribution in [0.4, 0.5) is 0 Å². The molecule has 2 unspecified atom stereocenters. The first kappa shape index (κ1) is 12.0. The lowest BCUT2D eigenvalue weighted by atomic mass is 10.0. The maximum atomic E-state index is 11.8. The predicted molar refractivity (Wildman–Crippen MR) is 62.6 cm³/mol. The fourth-order valence-electron chi connectivity index (χ4n) is 2.04. The second-order valence-corrected chi connectivity index (χ2v) is 5.25. The zero-order valence-electron chi connectivity index (χ0n) is 9.05. The molecule has 1 amide bonds. The largest absolute Gasteiger partial charge is 0.352 e. The molecule has 1 saturated carbocycles. The van der Waals surface area contributed by atoms with Crippen molar-refractivity contribution in [3.05, 3.63) is 0 Å². The Balaban J connectivity index is 2.39. The third kappa shape index (κ3) is 2.97. The van der Waals surface area contributed by atoms with E-state index >= 15 is 0 Å². The molecule has 1 N–H and O–H groups in total. The zero-order valence-corrected chi connectivity index (χ0v) is 10.6. The van der Waals surface area contributed by atoms with Gasteiger partial charge in [0.15, 0.2) is 0 Å². The number of rotatable bonds is 4. The SMILES string of the molecule is CCC(CC)C(=O)NC1CCCC1Br. The summed E-state index contributed by atoms with van der Waals surface area (Å²) in [6, 6.07) is 0.364. The standard InChI is InChI=1S/C11H20BrNO/c1-3-8(4-2)11(14)13-10-7-5-6-9(10)12/h8-10H,3-7H2,1-2H3,(H,13,14). The second kappa shape index (κ2) is 5.74. The Labute approximate surface area is 95.0 Å². The molecule has 0 aliphatic heterocycles. The van der Waals surface area contributed by atoms with Gasteiger partial charge in [-0.15, -0.1) is 0 Å². The lowest BCUT2D eigenvalue weighted by molar-refractivity contribution is -0.125. The number of alkyl halides is 1. The zero-order chi connectivity index (χ0) is 10.6. The van der Waals surface area contributed by atoms with Gasteiger partial charge >= 0.3 is 0 Å². The minimum atomic E-state index is 0.204. The Hall–Kier alpha value is -0.0500. The maximum absolute atomic E-state index is 11.8. The summed E-state index contributed by atoms with van der Waals surface area (Å²) in [6.45, 7) is 4.15. The van der Waals surface area contributed by atoms with Gasteiger partial charge in [0.05, 0.1) is 0 Å². The number of carbonyl (C=O) groups is 1. The van der Waals surface area contributed by atoms with E-state index in [1.54, 1.807) is 0 Å². The Morgan fingerprint density at radius 1 is 1.43 bits per heavy atom. The predicted octanol–water partition coefficient (Wildman–Crippen LogP) is 2.85. The number of halogens is 1. The van der Waals surface area contributed by atoms with Crippen LogP contribution in [0.1, 0.15) is 46.0 Å². The molecule has 1 aliphatic carbocycles. The van der Waals surface area contributed by atoms with Crippen LogP contribution < -0.4 is 5.32 Å². The van der Waals surface area contributed by atoms with Crippen molar-refractivity contribution in [3.63, 3.8) is 0 Å². The molecule has 0 heterocycles. The molecule has 0 spiro atoms. The first-order valence-electron chi connectivity index (χ1n) is 5.63. The first-order valence-corrected chi connectivity index (χ1v) is 6.55. The van der Waals surface area contributed by atoms with Gasteiger partial charge in [-0.2, -0.15) is 0 Å². The molecular weight excluding hydrogens is 242 g/mol. The monoisotopic (exact) mass is 261 g/mol. The first-order chi connectivity index (χ1) is 6.69. The summed E-state index contributed by atoms with van der Waals surface area (Å²) in [5.74, 6) is 0.446. The Bertz CT molecular complexity index is 192. The highest BCUT2D eigenvalue weighted by molar-refractivity contribution is 9.09. The molecule has 1 aliphatic rings. The smallest absolute Gasteiger partial charge is 0.223 e. The Morgan fingerprint density at radius 3 is 2.50 bits per heavy atom. The molecule has 14 heavy (non-hydrogen) atoms. The van der Waals surface area contributed by atoms with Crippen molar-refractivity contribution in [1.29, 1.82) is 0 Å². The van der Waals surface area contributed by atoms with Crippen LogP contribution in [-0.4, -0.2) is 16.8 Å². The van der Waals surface area contributed by atoms with Gasteiger partial charge in [0.25, 0.3) is 0 Å². The average molecular weight is 262 g/mol. The van der Waals surface area contributed by atoms with E-state index < -0.39 is 0 Å². The van der Waals surface area contributed by atoms with Gasteiger partial charge in [-0.3, -0.25) is 4.79 Å². The van der Waals surface area contributed by atoms with Gasteiger partial charge in [-0.1, -0.05) is 36.2 Å². The van der Waals surface area contributed by atoms with Crippen LogP contribution in [0, 0.1) is 5.92 Å². The molecule has 2 nitrogen and oxygen atoms in total. The van der Waals surface area contributed by atoms with E-state index in [0.717, 1.165) is 19.3 Å². The summed E-state index contributed by atoms with van der Waals surface area (Å²) < 4.78 is 0. The van der Waals surface area contributed by atoms with Crippen molar-refractivity contribution in [2.24, 2.45) is 5.92 Å². The van der Waals surface area contributed by atoms with Gasteiger partial charge in [-0.05, 0) is 25.7 Å². The second-order valence-electron chi connectivity index (χ2n) is 4.08. The van der Waals surface area contributed by atoms with Crippen LogP contribution in [0.3, 0.4) is 0 Å². The van der Waals surface area contributed by atoms with Gasteiger partial charge in [0, 0.05) is 16.8 Å². The van der Waals surface area contributed by atoms with Gasteiger partial charge in [0.2, 0.25) is 5.91 Å². The summed E-state index contributed by atoms with van der Waals surface area (Å²) in [5, 5.41) is 3.14. The number of carbonyl (C=O) groups excluding carboxylic acids is 1. The van der Waals surface area contributed by atoms with Crippen LogP contribution in [0.15, 0.2) is 0 Å². The van der Waals surface area contributed by atoms with Crippen LogP contribution in [0.5, 0.6) is 0 Å². The number of hydrogen-bond donors (Lipinski definition) is 1. The number of amides is 1. The summed E-state index contributed by atoms with van der Waals surface area (Å²) in [6.07, 6.45) is 5.43. The fraction of sp³-hybridized carbons (Fsp3) is 0.909. The van der Waals surface area contributed by atoms with Crippen LogP contribution >= 0.6 is 15.9 Å². The van der Waals surface area contributed by atoms with Gasteiger partial charge in [0.1, 0.15) is 0 Å². The molecule has 2 atom stereocenters. The normalized spacial score (nSPS) is 26.9. The highest BCUT2D eigenvalue weighted by Gasteiger charge is 2.27. The van der Waals surface area contributed by atoms with Gasteiger partial charge in [-0.25, -0.2) is 0 Å². The van der Waals surface area contributed by atoms with Crippen molar-refractivity contribution in [1.82, 2.24) is 5.32 Å². The quantitative estimate of drug-likeness (QED) is 0.775. The maximum Gasteiger partial charge on any atom is 0.223 e. The van der Waals surface area contributed by atoms with Crippen molar-refractivity contribution >= 4 is 21.8 Å². The van der Waals surface area contributed by atoms with Crippen molar-refractivity contribution in [2.45, 2.75) is 56.8 Å². The third-order valence-electron chi connectivity index (χ3n) is 3.12. The molecule has 0 radical (unpaired) electrons. The number of nitrogens with one attached hydrogen (secondary N) is 1. The van der Waals surface area contributed by atoms with Crippen LogP contribution in [-0.2, 0) is 4.79 Å². The average Bonchev–Trinajstić information content (AvgIpc) is 2.54. The fourth-order valence-corrected chi connectivity index (χ4v) is 2.76. The third-order valence-corrected chi connectivity index (χ3v) is 4.21. The van der Waals surface area contributed by atoms with E-state index in [2.05, 4.69) is 35.1 Å². The van der Waals surface area contributed by atoms with E-state index in [4.69, 9.17) is 0 Å². The minimum Gasteiger partial charge on any atom is -0.352 e. The molecule has 0 saturated heterocycles. The van der Waals surface area contributed by atoms with E-state index in [0.29, 0.717) is 10.9 Å². The summed E-state index contributed by atoms with van der Waals surface area (Å²) in [5.41, 5.74) is 0. The molecule has 0 bridgehead atoms. The Kier molecular flexibility index (Phi) is 4.93. The van der Waals surface area contributed by atoms with E-state index in [9.17, 15) is 4.79 Å². The van der Waals surface area contributed by atoms with Crippen molar-refractivity contribution in [3.8, 4) is 0 Å².